The summed E-state index contributed by atoms with van der Waals surface area (Å²) in [5.41, 5.74) is 8.32. The van der Waals surface area contributed by atoms with Gasteiger partial charge in [-0.25, -0.2) is 15.0 Å². The van der Waals surface area contributed by atoms with E-state index in [0.29, 0.717) is 28.4 Å². The molecule has 1 unspecified atom stereocenters. The zero-order chi connectivity index (χ0) is 21.7. The van der Waals surface area contributed by atoms with Crippen molar-refractivity contribution in [2.24, 2.45) is 7.05 Å². The Hall–Kier alpha value is -3.02. The van der Waals surface area contributed by atoms with Crippen molar-refractivity contribution in [3.63, 3.8) is 0 Å². The average molecular weight is 528 g/mol. The number of nitrogens with two attached hydrogens (primary N) is 1. The van der Waals surface area contributed by atoms with Crippen molar-refractivity contribution in [2.45, 2.75) is 31.8 Å². The van der Waals surface area contributed by atoms with E-state index in [2.05, 4.69) is 43.0 Å². The molecule has 0 saturated heterocycles. The van der Waals surface area contributed by atoms with Crippen molar-refractivity contribution in [2.75, 3.05) is 11.1 Å². The molecule has 0 amide bonds. The number of hydrogen-bond acceptors (Lipinski definition) is 7. The summed E-state index contributed by atoms with van der Waals surface area (Å²) in [6.45, 7) is 1.98. The Balaban J connectivity index is 1.66. The summed E-state index contributed by atoms with van der Waals surface area (Å²) in [4.78, 5) is 27.0. The van der Waals surface area contributed by atoms with Gasteiger partial charge in [-0.3, -0.25) is 14.0 Å². The fraction of sp³-hybridized carbons (Fsp3) is 0.286. The zero-order valence-corrected chi connectivity index (χ0v) is 19.2. The lowest BCUT2D eigenvalue weighted by Gasteiger charge is -2.21. The predicted molar refractivity (Wildman–Crippen MR) is 128 cm³/mol. The highest BCUT2D eigenvalue weighted by Crippen LogP contribution is 2.37. The molecule has 1 aliphatic rings. The normalized spacial score (nSPS) is 14.7. The van der Waals surface area contributed by atoms with Gasteiger partial charge in [0.05, 0.1) is 26.7 Å². The quantitative estimate of drug-likeness (QED) is 0.382. The highest BCUT2D eigenvalue weighted by Gasteiger charge is 2.31. The summed E-state index contributed by atoms with van der Waals surface area (Å²) in [5.74, 6) is 1.73. The Morgan fingerprint density at radius 2 is 2.10 bits per heavy atom. The number of aromatic nitrogens is 6. The predicted octanol–water partition coefficient (Wildman–Crippen LogP) is 3.28. The molecule has 4 aromatic rings. The lowest BCUT2D eigenvalue weighted by Crippen LogP contribution is -2.28. The minimum absolute atomic E-state index is 0.0208. The molecule has 0 aliphatic heterocycles. The first kappa shape index (κ1) is 19.9. The van der Waals surface area contributed by atoms with Crippen LogP contribution in [0.2, 0.25) is 0 Å². The van der Waals surface area contributed by atoms with Crippen LogP contribution in [-0.2, 0) is 7.05 Å². The van der Waals surface area contributed by atoms with Crippen LogP contribution >= 0.6 is 22.6 Å². The number of nitrogens with one attached hydrogen (secondary N) is 1. The fourth-order valence-corrected chi connectivity index (χ4v) is 4.24. The van der Waals surface area contributed by atoms with E-state index < -0.39 is 0 Å². The van der Waals surface area contributed by atoms with Crippen LogP contribution in [0.4, 0.5) is 11.6 Å². The number of benzene rings is 1. The zero-order valence-electron chi connectivity index (χ0n) is 17.1. The molecule has 1 saturated carbocycles. The summed E-state index contributed by atoms with van der Waals surface area (Å²) in [6.07, 6.45) is 7.05. The van der Waals surface area contributed by atoms with Crippen molar-refractivity contribution >= 4 is 45.1 Å². The minimum atomic E-state index is -0.248. The number of halogens is 1. The average Bonchev–Trinajstić information content (AvgIpc) is 3.50. The largest absolute Gasteiger partial charge is 0.383 e. The molecular formula is C21H21IN8O. The minimum Gasteiger partial charge on any atom is -0.383 e. The second-order valence-corrected chi connectivity index (χ2v) is 8.84. The summed E-state index contributed by atoms with van der Waals surface area (Å²) in [7, 11) is 1.86. The molecule has 1 aromatic carbocycles. The van der Waals surface area contributed by atoms with Crippen LogP contribution in [0.1, 0.15) is 37.7 Å². The van der Waals surface area contributed by atoms with Gasteiger partial charge in [0.1, 0.15) is 23.8 Å². The molecule has 3 aromatic heterocycles. The van der Waals surface area contributed by atoms with Crippen molar-refractivity contribution in [3.8, 4) is 11.1 Å². The second-order valence-electron chi connectivity index (χ2n) is 7.77. The molecule has 3 N–H and O–H groups in total. The van der Waals surface area contributed by atoms with Crippen molar-refractivity contribution < 1.29 is 0 Å². The molecular weight excluding hydrogens is 507 g/mol. The molecule has 1 aliphatic carbocycles. The Bertz CT molecular complexity index is 1360. The van der Waals surface area contributed by atoms with Crippen LogP contribution in [0.15, 0.2) is 41.7 Å². The summed E-state index contributed by atoms with van der Waals surface area (Å²) in [5, 5.41) is 8.24. The van der Waals surface area contributed by atoms with Gasteiger partial charge in [0.25, 0.3) is 5.56 Å². The lowest BCUT2D eigenvalue weighted by atomic mass is 10.0. The summed E-state index contributed by atoms with van der Waals surface area (Å²) in [6, 6.07) is 5.68. The molecule has 0 spiro atoms. The maximum atomic E-state index is 13.7. The van der Waals surface area contributed by atoms with Gasteiger partial charge in [-0.2, -0.15) is 5.10 Å². The molecule has 31 heavy (non-hydrogen) atoms. The van der Waals surface area contributed by atoms with E-state index in [1.54, 1.807) is 10.9 Å². The Kier molecular flexibility index (Phi) is 4.88. The van der Waals surface area contributed by atoms with Crippen molar-refractivity contribution in [3.05, 3.63) is 56.7 Å². The maximum Gasteiger partial charge on any atom is 0.262 e. The van der Waals surface area contributed by atoms with E-state index in [1.807, 2.05) is 42.9 Å². The van der Waals surface area contributed by atoms with Gasteiger partial charge in [-0.15, -0.1) is 0 Å². The molecule has 9 nitrogen and oxygen atoms in total. The SMILES string of the molecule is CC(Nc1ncnc(N)c1I)c1nc2cccc(-c3cnn(C)c3)c2c(=O)n1C1CC1. The smallest absolute Gasteiger partial charge is 0.262 e. The van der Waals surface area contributed by atoms with Crippen LogP contribution < -0.4 is 16.6 Å². The van der Waals surface area contributed by atoms with E-state index >= 15 is 0 Å². The van der Waals surface area contributed by atoms with Gasteiger partial charge >= 0.3 is 0 Å². The van der Waals surface area contributed by atoms with Crippen molar-refractivity contribution in [1.29, 1.82) is 0 Å². The molecule has 0 bridgehead atoms. The van der Waals surface area contributed by atoms with Gasteiger partial charge in [0, 0.05) is 24.8 Å². The van der Waals surface area contributed by atoms with E-state index in [4.69, 9.17) is 10.7 Å². The molecule has 0 radical (unpaired) electrons. The second kappa shape index (κ2) is 7.59. The fourth-order valence-electron chi connectivity index (χ4n) is 3.81. The van der Waals surface area contributed by atoms with Gasteiger partial charge in [-0.1, -0.05) is 12.1 Å². The Morgan fingerprint density at radius 1 is 1.29 bits per heavy atom. The van der Waals surface area contributed by atoms with Gasteiger partial charge in [-0.05, 0) is 54.0 Å². The Labute approximate surface area is 191 Å². The third-order valence-electron chi connectivity index (χ3n) is 5.44. The van der Waals surface area contributed by atoms with Crippen LogP contribution in [0.25, 0.3) is 22.0 Å². The molecule has 158 valence electrons. The van der Waals surface area contributed by atoms with E-state index in [-0.39, 0.29) is 17.6 Å². The van der Waals surface area contributed by atoms with Gasteiger partial charge in [0.15, 0.2) is 0 Å². The maximum absolute atomic E-state index is 13.7. The van der Waals surface area contributed by atoms with E-state index in [1.165, 1.54) is 6.33 Å². The number of hydrogen-bond donors (Lipinski definition) is 2. The number of anilines is 2. The number of rotatable bonds is 5. The third-order valence-corrected chi connectivity index (χ3v) is 6.51. The third kappa shape index (κ3) is 3.54. The number of nitrogens with zero attached hydrogens (tertiary/aromatic N) is 6. The van der Waals surface area contributed by atoms with Gasteiger partial charge < -0.3 is 11.1 Å². The standard InChI is InChI=1S/C21H21IN8O/c1-11(27-19-17(22)18(23)24-10-25-19)20-28-15-5-3-4-14(12-8-26-29(2)9-12)16(15)21(31)30(20)13-6-7-13/h3-5,8-11,13H,6-7H2,1-2H3,(H3,23,24,25,27). The molecule has 5 rings (SSSR count). The molecule has 3 heterocycles. The van der Waals surface area contributed by atoms with Crippen LogP contribution in [0, 0.1) is 3.57 Å². The molecule has 1 fully saturated rings. The first-order chi connectivity index (χ1) is 14.9. The van der Waals surface area contributed by atoms with Gasteiger partial charge in [0.2, 0.25) is 0 Å². The Morgan fingerprint density at radius 3 is 2.81 bits per heavy atom. The summed E-state index contributed by atoms with van der Waals surface area (Å²) >= 11 is 2.12. The number of nitrogen functional groups attached to an aromatic ring is 1. The number of fused-ring (bicyclic) bond motifs is 1. The van der Waals surface area contributed by atoms with Crippen LogP contribution in [-0.4, -0.2) is 29.3 Å². The highest BCUT2D eigenvalue weighted by atomic mass is 127. The summed E-state index contributed by atoms with van der Waals surface area (Å²) < 4.78 is 4.32. The first-order valence-electron chi connectivity index (χ1n) is 10.0. The number of aryl methyl sites for hydroxylation is 1. The first-order valence-corrected chi connectivity index (χ1v) is 11.1. The molecule has 1 atom stereocenters. The lowest BCUT2D eigenvalue weighted by molar-refractivity contribution is 0.609. The van der Waals surface area contributed by atoms with Crippen LogP contribution in [0.3, 0.4) is 0 Å². The van der Waals surface area contributed by atoms with E-state index in [0.717, 1.165) is 27.5 Å². The van der Waals surface area contributed by atoms with Crippen LogP contribution in [0.5, 0.6) is 0 Å². The monoisotopic (exact) mass is 528 g/mol. The van der Waals surface area contributed by atoms with E-state index in [9.17, 15) is 4.79 Å². The highest BCUT2D eigenvalue weighted by molar-refractivity contribution is 14.1. The van der Waals surface area contributed by atoms with Crippen molar-refractivity contribution in [1.82, 2.24) is 29.3 Å². The topological polar surface area (TPSA) is 117 Å². The molecule has 10 heteroatoms.